The molecule has 41 heavy (non-hydrogen) atoms. The molecule has 3 saturated heterocycles. The molecule has 5 N–H and O–H groups in total. The van der Waals surface area contributed by atoms with Crippen LogP contribution in [0.2, 0.25) is 0 Å². The number of fused-ring (bicyclic) bond motifs is 1. The third kappa shape index (κ3) is 5.61. The molecule has 0 amide bonds. The molecule has 13 atom stereocenters. The van der Waals surface area contributed by atoms with Crippen molar-refractivity contribution >= 4 is 0 Å². The molecule has 0 aromatic rings. The fourth-order valence-corrected chi connectivity index (χ4v) is 6.27. The van der Waals surface area contributed by atoms with Crippen LogP contribution in [-0.2, 0) is 37.9 Å². The first kappa shape index (κ1) is 30.6. The second-order valence-electron chi connectivity index (χ2n) is 10.8. The summed E-state index contributed by atoms with van der Waals surface area (Å²) < 4.78 is 46.3. The molecular weight excluding hydrogens is 544 g/mol. The maximum atomic E-state index is 10.5. The monoisotopic (exact) mass is 584 g/mol. The van der Waals surface area contributed by atoms with Crippen molar-refractivity contribution in [2.45, 2.75) is 67.3 Å². The third-order valence-electron chi connectivity index (χ3n) is 8.58. The number of methoxy groups -OCH3 is 4. The number of hydrogen-bond donors (Lipinski definition) is 5. The average Bonchev–Trinajstić information content (AvgIpc) is 3.60. The minimum atomic E-state index is -1.58. The SMILES string of the molecule is COC1=CC(C2OCC3C(C4=CC(OC)C(OC5OC(CO)C(O)C(O)C5O)C(OC)=C4)OCC23)=CC(OC)C1O. The van der Waals surface area contributed by atoms with Crippen LogP contribution in [0, 0.1) is 11.8 Å². The van der Waals surface area contributed by atoms with Gasteiger partial charge in [-0.25, -0.2) is 0 Å². The van der Waals surface area contributed by atoms with E-state index >= 15 is 0 Å². The average molecular weight is 585 g/mol. The Morgan fingerprint density at radius 1 is 0.756 bits per heavy atom. The predicted molar refractivity (Wildman–Crippen MR) is 139 cm³/mol. The number of ether oxygens (including phenoxy) is 8. The fourth-order valence-electron chi connectivity index (χ4n) is 6.27. The molecule has 13 unspecified atom stereocenters. The van der Waals surface area contributed by atoms with Gasteiger partial charge in [0, 0.05) is 26.1 Å². The molecule has 3 heterocycles. The Morgan fingerprint density at radius 3 is 1.85 bits per heavy atom. The molecule has 0 radical (unpaired) electrons. The van der Waals surface area contributed by atoms with Gasteiger partial charge in [0.2, 0.25) is 0 Å². The Kier molecular flexibility index (Phi) is 9.53. The lowest BCUT2D eigenvalue weighted by molar-refractivity contribution is -0.314. The lowest BCUT2D eigenvalue weighted by atomic mass is 9.81. The van der Waals surface area contributed by atoms with Gasteiger partial charge in [0.25, 0.3) is 0 Å². The molecule has 0 aromatic heterocycles. The summed E-state index contributed by atoms with van der Waals surface area (Å²) in [6, 6.07) is 0. The topological polar surface area (TPSA) is 175 Å². The van der Waals surface area contributed by atoms with Gasteiger partial charge in [-0.05, 0) is 35.5 Å². The van der Waals surface area contributed by atoms with E-state index in [1.807, 2.05) is 12.2 Å². The minimum absolute atomic E-state index is 0.0224. The first-order chi connectivity index (χ1) is 19.8. The normalized spacial score (nSPS) is 44.5. The molecule has 13 heteroatoms. The maximum absolute atomic E-state index is 10.5. The van der Waals surface area contributed by atoms with E-state index in [0.717, 1.165) is 11.1 Å². The van der Waals surface area contributed by atoms with Crippen LogP contribution in [0.1, 0.15) is 0 Å². The molecule has 5 rings (SSSR count). The summed E-state index contributed by atoms with van der Waals surface area (Å²) in [7, 11) is 6.02. The van der Waals surface area contributed by atoms with Gasteiger partial charge in [0.1, 0.15) is 60.4 Å². The Labute approximate surface area is 238 Å². The Morgan fingerprint density at radius 2 is 1.32 bits per heavy atom. The van der Waals surface area contributed by atoms with Gasteiger partial charge in [0.05, 0.1) is 46.2 Å². The van der Waals surface area contributed by atoms with E-state index < -0.39 is 61.7 Å². The van der Waals surface area contributed by atoms with E-state index in [4.69, 9.17) is 37.9 Å². The van der Waals surface area contributed by atoms with E-state index in [2.05, 4.69) is 0 Å². The van der Waals surface area contributed by atoms with Crippen LogP contribution in [0.25, 0.3) is 0 Å². The summed E-state index contributed by atoms with van der Waals surface area (Å²) in [5.74, 6) is 0.855. The molecular formula is C28H40O13. The number of hydrogen-bond acceptors (Lipinski definition) is 13. The first-order valence-electron chi connectivity index (χ1n) is 13.6. The summed E-state index contributed by atoms with van der Waals surface area (Å²) in [6.45, 7) is 0.324. The zero-order valence-electron chi connectivity index (χ0n) is 23.4. The molecule has 3 fully saturated rings. The van der Waals surface area contributed by atoms with E-state index in [9.17, 15) is 25.5 Å². The highest BCUT2D eigenvalue weighted by Gasteiger charge is 2.51. The van der Waals surface area contributed by atoms with Crippen molar-refractivity contribution < 1.29 is 63.4 Å². The lowest BCUT2D eigenvalue weighted by Gasteiger charge is -2.42. The second-order valence-corrected chi connectivity index (χ2v) is 10.8. The highest BCUT2D eigenvalue weighted by Crippen LogP contribution is 2.45. The van der Waals surface area contributed by atoms with Crippen LogP contribution in [0.15, 0.2) is 47.0 Å². The van der Waals surface area contributed by atoms with Gasteiger partial charge in [0.15, 0.2) is 6.29 Å². The van der Waals surface area contributed by atoms with Gasteiger partial charge in [-0.1, -0.05) is 0 Å². The van der Waals surface area contributed by atoms with Crippen molar-refractivity contribution in [1.82, 2.24) is 0 Å². The molecule has 5 aliphatic rings. The maximum Gasteiger partial charge on any atom is 0.187 e. The summed E-state index contributed by atoms with van der Waals surface area (Å²) in [4.78, 5) is 0. The Hall–Kier alpha value is -1.88. The summed E-state index contributed by atoms with van der Waals surface area (Å²) in [5.41, 5.74) is 1.68. The molecule has 13 nitrogen and oxygen atoms in total. The predicted octanol–water partition coefficient (Wildman–Crippen LogP) is -1.47. The third-order valence-corrected chi connectivity index (χ3v) is 8.58. The zero-order valence-corrected chi connectivity index (χ0v) is 23.4. The van der Waals surface area contributed by atoms with Crippen LogP contribution in [0.4, 0.5) is 0 Å². The van der Waals surface area contributed by atoms with E-state index in [1.54, 1.807) is 12.2 Å². The largest absolute Gasteiger partial charge is 0.498 e. The second kappa shape index (κ2) is 12.8. The summed E-state index contributed by atoms with van der Waals surface area (Å²) in [6.07, 6.45) is -3.37. The van der Waals surface area contributed by atoms with Gasteiger partial charge < -0.3 is 63.4 Å². The van der Waals surface area contributed by atoms with Crippen LogP contribution in [0.5, 0.6) is 0 Å². The van der Waals surface area contributed by atoms with Crippen LogP contribution >= 0.6 is 0 Å². The standard InChI is InChI=1S/C28H40O13/c1-34-16-5-12(6-17(35-2)21(16)30)25-14-10-39-26(15(14)11-38-25)13-7-18(36-3)27(19(8-13)37-4)41-28-24(33)23(32)22(31)20(9-29)40-28/h5-8,14-16,18,20-33H,9-11H2,1-4H3. The highest BCUT2D eigenvalue weighted by molar-refractivity contribution is 5.38. The molecule has 230 valence electrons. The number of aliphatic hydroxyl groups excluding tert-OH is 5. The van der Waals surface area contributed by atoms with E-state index in [1.165, 1.54) is 28.4 Å². The molecule has 0 saturated carbocycles. The fraction of sp³-hybridized carbons (Fsp3) is 0.714. The summed E-state index contributed by atoms with van der Waals surface area (Å²) in [5, 5.41) is 50.7. The number of aliphatic hydroxyl groups is 5. The van der Waals surface area contributed by atoms with Crippen molar-refractivity contribution in [3.05, 3.63) is 47.0 Å². The van der Waals surface area contributed by atoms with Crippen LogP contribution in [-0.4, -0.2) is 141 Å². The Balaban J connectivity index is 1.32. The highest BCUT2D eigenvalue weighted by atomic mass is 16.7. The lowest BCUT2D eigenvalue weighted by Crippen LogP contribution is -2.60. The van der Waals surface area contributed by atoms with Crippen molar-refractivity contribution in [2.24, 2.45) is 11.8 Å². The molecule has 0 aromatic carbocycles. The quantitative estimate of drug-likeness (QED) is 0.213. The van der Waals surface area contributed by atoms with Crippen molar-refractivity contribution in [1.29, 1.82) is 0 Å². The molecule has 0 spiro atoms. The zero-order chi connectivity index (χ0) is 29.4. The molecule has 2 aliphatic carbocycles. The Bertz CT molecular complexity index is 1050. The smallest absolute Gasteiger partial charge is 0.187 e. The minimum Gasteiger partial charge on any atom is -0.498 e. The molecule has 3 aliphatic heterocycles. The van der Waals surface area contributed by atoms with Gasteiger partial charge in [-0.15, -0.1) is 0 Å². The summed E-state index contributed by atoms with van der Waals surface area (Å²) >= 11 is 0. The van der Waals surface area contributed by atoms with Crippen LogP contribution in [0.3, 0.4) is 0 Å². The molecule has 0 bridgehead atoms. The number of rotatable bonds is 9. The van der Waals surface area contributed by atoms with Crippen molar-refractivity contribution in [3.63, 3.8) is 0 Å². The first-order valence-corrected chi connectivity index (χ1v) is 13.6. The van der Waals surface area contributed by atoms with E-state index in [-0.39, 0.29) is 24.0 Å². The van der Waals surface area contributed by atoms with Gasteiger partial charge in [-0.2, -0.15) is 0 Å². The van der Waals surface area contributed by atoms with Crippen molar-refractivity contribution in [3.8, 4) is 0 Å². The van der Waals surface area contributed by atoms with Gasteiger partial charge in [-0.3, -0.25) is 0 Å². The van der Waals surface area contributed by atoms with Crippen LogP contribution < -0.4 is 0 Å². The van der Waals surface area contributed by atoms with Gasteiger partial charge >= 0.3 is 0 Å². The van der Waals surface area contributed by atoms with Crippen molar-refractivity contribution in [2.75, 3.05) is 48.3 Å². The van der Waals surface area contributed by atoms with E-state index in [0.29, 0.717) is 24.7 Å².